The van der Waals surface area contributed by atoms with E-state index in [0.29, 0.717) is 13.0 Å². The lowest BCUT2D eigenvalue weighted by atomic mass is 9.82. The fraction of sp³-hybridized carbons (Fsp3) is 0.875. The highest BCUT2D eigenvalue weighted by Crippen LogP contribution is 2.30. The molecule has 0 fully saturated rings. The molecule has 0 aliphatic carbocycles. The maximum atomic E-state index is 12.3. The minimum Gasteiger partial charge on any atom is -0.479 e. The lowest BCUT2D eigenvalue weighted by molar-refractivity contribution is -0.154. The number of aliphatic carboxylic acids is 1. The van der Waals surface area contributed by atoms with Gasteiger partial charge in [-0.15, -0.1) is 0 Å². The van der Waals surface area contributed by atoms with Crippen molar-refractivity contribution in [2.24, 2.45) is 5.92 Å². The number of carboxylic acid groups (broad SMARTS) is 1. The van der Waals surface area contributed by atoms with E-state index in [9.17, 15) is 14.7 Å². The van der Waals surface area contributed by atoms with Crippen molar-refractivity contribution in [3.63, 3.8) is 0 Å². The maximum absolute atomic E-state index is 12.3. The summed E-state index contributed by atoms with van der Waals surface area (Å²) in [5.74, 6) is -1.14. The number of hydrogen-bond acceptors (Lipinski definition) is 3. The van der Waals surface area contributed by atoms with Crippen molar-refractivity contribution >= 4 is 12.1 Å². The van der Waals surface area contributed by atoms with Crippen LogP contribution in [0.4, 0.5) is 4.79 Å². The molecule has 0 radical (unpaired) electrons. The molecule has 0 rings (SSSR count). The third-order valence-corrected chi connectivity index (χ3v) is 4.07. The number of unbranched alkanes of at least 4 members (excludes halogenated alkanes) is 3. The summed E-state index contributed by atoms with van der Waals surface area (Å²) in [6.45, 7) is 10.0. The van der Waals surface area contributed by atoms with Crippen LogP contribution in [0.5, 0.6) is 0 Å². The molecule has 1 atom stereocenters. The highest BCUT2D eigenvalue weighted by Gasteiger charge is 2.48. The Morgan fingerprint density at radius 2 is 1.76 bits per heavy atom. The Bertz CT molecular complexity index is 330. The van der Waals surface area contributed by atoms with Crippen molar-refractivity contribution in [3.8, 4) is 0 Å². The van der Waals surface area contributed by atoms with Gasteiger partial charge in [0.05, 0.1) is 6.61 Å². The molecule has 5 nitrogen and oxygen atoms in total. The summed E-state index contributed by atoms with van der Waals surface area (Å²) in [6.07, 6.45) is 3.82. The molecule has 1 N–H and O–H groups in total. The van der Waals surface area contributed by atoms with Gasteiger partial charge in [0.1, 0.15) is 5.54 Å². The summed E-state index contributed by atoms with van der Waals surface area (Å²) in [6, 6.07) is 0. The van der Waals surface area contributed by atoms with E-state index < -0.39 is 17.6 Å². The van der Waals surface area contributed by atoms with E-state index in [1.165, 1.54) is 4.90 Å². The molecule has 1 amide bonds. The fourth-order valence-electron chi connectivity index (χ4n) is 2.78. The molecule has 0 spiro atoms. The van der Waals surface area contributed by atoms with Crippen molar-refractivity contribution in [2.75, 3.05) is 13.2 Å². The number of rotatable bonds is 10. The Morgan fingerprint density at radius 1 is 1.14 bits per heavy atom. The van der Waals surface area contributed by atoms with E-state index in [-0.39, 0.29) is 12.5 Å². The first-order chi connectivity index (χ1) is 9.88. The molecule has 124 valence electrons. The van der Waals surface area contributed by atoms with Gasteiger partial charge in [-0.2, -0.15) is 0 Å². The van der Waals surface area contributed by atoms with Crippen molar-refractivity contribution in [1.82, 2.24) is 4.90 Å². The standard InChI is InChI=1S/C16H31NO4/c1-6-9-10-11-12-17(15(20)21-8-3)16(7-2,13(4)5)14(18)19/h13H,6-12H2,1-5H3,(H,18,19)/t16-/m0/s1. The Labute approximate surface area is 128 Å². The van der Waals surface area contributed by atoms with E-state index in [1.54, 1.807) is 6.92 Å². The number of hydrogen-bond donors (Lipinski definition) is 1. The lowest BCUT2D eigenvalue weighted by Crippen LogP contribution is -2.60. The van der Waals surface area contributed by atoms with Gasteiger partial charge in [0.25, 0.3) is 0 Å². The Hall–Kier alpha value is -1.26. The minimum absolute atomic E-state index is 0.185. The zero-order valence-corrected chi connectivity index (χ0v) is 14.1. The van der Waals surface area contributed by atoms with Gasteiger partial charge in [0.2, 0.25) is 0 Å². The SMILES string of the molecule is CCCCCCN(C(=O)OCC)[C@](CC)(C(=O)O)C(C)C. The molecule has 0 aromatic heterocycles. The first-order valence-corrected chi connectivity index (χ1v) is 8.06. The molecule has 0 heterocycles. The van der Waals surface area contributed by atoms with Crippen LogP contribution in [0, 0.1) is 5.92 Å². The van der Waals surface area contributed by atoms with Crippen LogP contribution in [0.3, 0.4) is 0 Å². The van der Waals surface area contributed by atoms with Gasteiger partial charge in [-0.05, 0) is 25.7 Å². The van der Waals surface area contributed by atoms with Gasteiger partial charge in [0.15, 0.2) is 0 Å². The summed E-state index contributed by atoms with van der Waals surface area (Å²) in [7, 11) is 0. The van der Waals surface area contributed by atoms with Crippen LogP contribution in [0.25, 0.3) is 0 Å². The minimum atomic E-state index is -1.20. The molecule has 0 unspecified atom stereocenters. The van der Waals surface area contributed by atoms with Crippen molar-refractivity contribution in [3.05, 3.63) is 0 Å². The molecule has 5 heteroatoms. The molecule has 0 aromatic carbocycles. The molecule has 0 aliphatic heterocycles. The van der Waals surface area contributed by atoms with Crippen LogP contribution >= 0.6 is 0 Å². The summed E-state index contributed by atoms with van der Waals surface area (Å²) in [5, 5.41) is 9.73. The summed E-state index contributed by atoms with van der Waals surface area (Å²) < 4.78 is 5.09. The molecule has 0 aliphatic rings. The van der Waals surface area contributed by atoms with Crippen molar-refractivity contribution in [2.45, 2.75) is 72.3 Å². The summed E-state index contributed by atoms with van der Waals surface area (Å²) in [5.41, 5.74) is -1.20. The van der Waals surface area contributed by atoms with Gasteiger partial charge in [-0.1, -0.05) is 47.0 Å². The number of carbonyl (C=O) groups excluding carboxylic acids is 1. The van der Waals surface area contributed by atoms with Gasteiger partial charge in [0, 0.05) is 6.54 Å². The van der Waals surface area contributed by atoms with Crippen LogP contribution in [-0.2, 0) is 9.53 Å². The topological polar surface area (TPSA) is 66.8 Å². The lowest BCUT2D eigenvalue weighted by Gasteiger charge is -2.42. The van der Waals surface area contributed by atoms with Gasteiger partial charge in [-0.3, -0.25) is 4.90 Å². The zero-order chi connectivity index (χ0) is 16.5. The number of carboxylic acids is 1. The highest BCUT2D eigenvalue weighted by atomic mass is 16.6. The van der Waals surface area contributed by atoms with E-state index in [4.69, 9.17) is 4.74 Å². The van der Waals surface area contributed by atoms with Gasteiger partial charge < -0.3 is 9.84 Å². The fourth-order valence-corrected chi connectivity index (χ4v) is 2.78. The molecule has 0 aromatic rings. The first-order valence-electron chi connectivity index (χ1n) is 8.06. The van der Waals surface area contributed by atoms with Crippen LogP contribution < -0.4 is 0 Å². The van der Waals surface area contributed by atoms with Gasteiger partial charge in [-0.25, -0.2) is 9.59 Å². The molecule has 0 saturated carbocycles. The number of ether oxygens (including phenoxy) is 1. The van der Waals surface area contributed by atoms with E-state index >= 15 is 0 Å². The molecule has 21 heavy (non-hydrogen) atoms. The highest BCUT2D eigenvalue weighted by molar-refractivity contribution is 5.84. The third-order valence-electron chi connectivity index (χ3n) is 4.07. The van der Waals surface area contributed by atoms with E-state index in [2.05, 4.69) is 6.92 Å². The largest absolute Gasteiger partial charge is 0.479 e. The smallest absolute Gasteiger partial charge is 0.410 e. The van der Waals surface area contributed by atoms with Crippen molar-refractivity contribution < 1.29 is 19.4 Å². The summed E-state index contributed by atoms with van der Waals surface area (Å²) >= 11 is 0. The second kappa shape index (κ2) is 9.64. The van der Waals surface area contributed by atoms with E-state index in [1.807, 2.05) is 20.8 Å². The Morgan fingerprint density at radius 3 is 2.14 bits per heavy atom. The number of carbonyl (C=O) groups is 2. The second-order valence-electron chi connectivity index (χ2n) is 5.65. The third kappa shape index (κ3) is 4.90. The average Bonchev–Trinajstić information content (AvgIpc) is 2.41. The first kappa shape index (κ1) is 19.7. The Kier molecular flexibility index (Phi) is 9.06. The van der Waals surface area contributed by atoms with Crippen LogP contribution in [0.1, 0.15) is 66.7 Å². The predicted molar refractivity (Wildman–Crippen MR) is 83.4 cm³/mol. The molecular formula is C16H31NO4. The van der Waals surface area contributed by atoms with Crippen LogP contribution in [0.2, 0.25) is 0 Å². The predicted octanol–water partition coefficient (Wildman–Crippen LogP) is 3.91. The van der Waals surface area contributed by atoms with Crippen LogP contribution in [0.15, 0.2) is 0 Å². The van der Waals surface area contributed by atoms with Crippen LogP contribution in [-0.4, -0.2) is 40.8 Å². The summed E-state index contributed by atoms with van der Waals surface area (Å²) in [4.78, 5) is 25.6. The number of nitrogens with zero attached hydrogens (tertiary/aromatic N) is 1. The van der Waals surface area contributed by atoms with Crippen molar-refractivity contribution in [1.29, 1.82) is 0 Å². The zero-order valence-electron chi connectivity index (χ0n) is 14.1. The van der Waals surface area contributed by atoms with Gasteiger partial charge >= 0.3 is 12.1 Å². The molecule has 0 saturated heterocycles. The average molecular weight is 301 g/mol. The Balaban J connectivity index is 5.29. The van der Waals surface area contributed by atoms with E-state index in [0.717, 1.165) is 25.7 Å². The quantitative estimate of drug-likeness (QED) is 0.621. The molecule has 0 bridgehead atoms. The maximum Gasteiger partial charge on any atom is 0.410 e. The number of amides is 1. The second-order valence-corrected chi connectivity index (χ2v) is 5.65. The normalized spacial score (nSPS) is 13.8. The monoisotopic (exact) mass is 301 g/mol. The molecular weight excluding hydrogens is 270 g/mol.